The van der Waals surface area contributed by atoms with E-state index in [0.717, 1.165) is 16.1 Å². The number of carbonyl (C=O) groups excluding carboxylic acids is 2. The smallest absolute Gasteiger partial charge is 0.245 e. The zero-order valence-corrected chi connectivity index (χ0v) is 15.6. The predicted molar refractivity (Wildman–Crippen MR) is 99.3 cm³/mol. The predicted octanol–water partition coefficient (Wildman–Crippen LogP) is 1.86. The summed E-state index contributed by atoms with van der Waals surface area (Å²) in [5.74, 6) is -0.711. The van der Waals surface area contributed by atoms with Gasteiger partial charge in [-0.1, -0.05) is 48.9 Å². The molecular formula is C17H23N5O2S. The number of rotatable bonds is 6. The molecule has 0 bridgehead atoms. The fourth-order valence-corrected chi connectivity index (χ4v) is 3.04. The summed E-state index contributed by atoms with van der Waals surface area (Å²) in [6.45, 7) is 7.58. The van der Waals surface area contributed by atoms with E-state index in [-0.39, 0.29) is 24.3 Å². The zero-order chi connectivity index (χ0) is 18.6. The Bertz CT molecular complexity index is 772. The highest BCUT2D eigenvalue weighted by atomic mass is 32.1. The quantitative estimate of drug-likeness (QED) is 0.727. The van der Waals surface area contributed by atoms with E-state index < -0.39 is 6.04 Å². The lowest BCUT2D eigenvalue weighted by molar-refractivity contribution is -0.125. The molecule has 134 valence electrons. The monoisotopic (exact) mass is 361 g/mol. The number of nitrogens with zero attached hydrogens (tertiary/aromatic N) is 2. The summed E-state index contributed by atoms with van der Waals surface area (Å²) < 4.78 is 0. The van der Waals surface area contributed by atoms with E-state index in [1.165, 1.54) is 16.9 Å². The SMILES string of the molecule is Cc1ccc(-c2nnc(NC(=O)CNC(=O)[C@@H](N)C(C)C)s2)c(C)c1. The van der Waals surface area contributed by atoms with Gasteiger partial charge in [-0.15, -0.1) is 10.2 Å². The van der Waals surface area contributed by atoms with Crippen molar-refractivity contribution in [2.24, 2.45) is 11.7 Å². The van der Waals surface area contributed by atoms with Crippen LogP contribution in [0.25, 0.3) is 10.6 Å². The van der Waals surface area contributed by atoms with Crippen LogP contribution in [0, 0.1) is 19.8 Å². The molecule has 0 aliphatic heterocycles. The Hall–Kier alpha value is -2.32. The third-order valence-corrected chi connectivity index (χ3v) is 4.60. The van der Waals surface area contributed by atoms with Crippen molar-refractivity contribution in [3.8, 4) is 10.6 Å². The van der Waals surface area contributed by atoms with E-state index in [1.807, 2.05) is 39.8 Å². The molecule has 0 unspecified atom stereocenters. The molecule has 25 heavy (non-hydrogen) atoms. The average molecular weight is 361 g/mol. The summed E-state index contributed by atoms with van der Waals surface area (Å²) in [4.78, 5) is 23.7. The number of benzene rings is 1. The maximum Gasteiger partial charge on any atom is 0.245 e. The van der Waals surface area contributed by atoms with Gasteiger partial charge in [0, 0.05) is 5.56 Å². The molecule has 1 heterocycles. The second-order valence-corrected chi connectivity index (χ2v) is 7.24. The van der Waals surface area contributed by atoms with Crippen LogP contribution < -0.4 is 16.4 Å². The summed E-state index contributed by atoms with van der Waals surface area (Å²) in [7, 11) is 0. The second kappa shape index (κ2) is 8.17. The molecular weight excluding hydrogens is 338 g/mol. The Morgan fingerprint density at radius 3 is 2.60 bits per heavy atom. The summed E-state index contributed by atoms with van der Waals surface area (Å²) in [5.41, 5.74) is 8.99. The van der Waals surface area contributed by atoms with Crippen LogP contribution in [-0.2, 0) is 9.59 Å². The first-order chi connectivity index (χ1) is 11.8. The third-order valence-electron chi connectivity index (χ3n) is 3.73. The topological polar surface area (TPSA) is 110 Å². The van der Waals surface area contributed by atoms with Crippen molar-refractivity contribution in [2.45, 2.75) is 33.7 Å². The van der Waals surface area contributed by atoms with E-state index in [0.29, 0.717) is 5.13 Å². The van der Waals surface area contributed by atoms with Crippen molar-refractivity contribution in [1.29, 1.82) is 0 Å². The van der Waals surface area contributed by atoms with Gasteiger partial charge in [-0.25, -0.2) is 0 Å². The molecule has 0 aliphatic rings. The van der Waals surface area contributed by atoms with Gasteiger partial charge in [-0.2, -0.15) is 0 Å². The molecule has 0 saturated heterocycles. The van der Waals surface area contributed by atoms with E-state index in [4.69, 9.17) is 5.73 Å². The third kappa shape index (κ3) is 5.07. The van der Waals surface area contributed by atoms with Gasteiger partial charge in [0.2, 0.25) is 16.9 Å². The molecule has 0 fully saturated rings. The summed E-state index contributed by atoms with van der Waals surface area (Å²) in [5, 5.41) is 14.4. The number of aromatic nitrogens is 2. The average Bonchev–Trinajstić information content (AvgIpc) is 2.99. The number of hydrogen-bond acceptors (Lipinski definition) is 6. The highest BCUT2D eigenvalue weighted by Crippen LogP contribution is 2.29. The minimum atomic E-state index is -0.634. The van der Waals surface area contributed by atoms with Crippen molar-refractivity contribution in [3.05, 3.63) is 29.3 Å². The Kier molecular flexibility index (Phi) is 6.22. The van der Waals surface area contributed by atoms with E-state index >= 15 is 0 Å². The highest BCUT2D eigenvalue weighted by Gasteiger charge is 2.18. The van der Waals surface area contributed by atoms with Crippen molar-refractivity contribution in [1.82, 2.24) is 15.5 Å². The summed E-state index contributed by atoms with van der Waals surface area (Å²) >= 11 is 1.29. The normalized spacial score (nSPS) is 12.1. The van der Waals surface area contributed by atoms with Gasteiger partial charge in [-0.05, 0) is 25.3 Å². The number of hydrogen-bond donors (Lipinski definition) is 3. The highest BCUT2D eigenvalue weighted by molar-refractivity contribution is 7.18. The first kappa shape index (κ1) is 19.0. The maximum absolute atomic E-state index is 11.9. The van der Waals surface area contributed by atoms with Gasteiger partial charge in [0.25, 0.3) is 0 Å². The number of amides is 2. The molecule has 1 aromatic carbocycles. The first-order valence-corrected chi connectivity index (χ1v) is 8.84. The van der Waals surface area contributed by atoms with Gasteiger partial charge in [0.1, 0.15) is 5.01 Å². The minimum absolute atomic E-state index is 0.00605. The molecule has 0 radical (unpaired) electrons. The van der Waals surface area contributed by atoms with Gasteiger partial charge in [0.05, 0.1) is 12.6 Å². The lowest BCUT2D eigenvalue weighted by atomic mass is 10.1. The lowest BCUT2D eigenvalue weighted by Crippen LogP contribution is -2.46. The largest absolute Gasteiger partial charge is 0.346 e. The minimum Gasteiger partial charge on any atom is -0.346 e. The summed E-state index contributed by atoms with van der Waals surface area (Å²) in [6, 6.07) is 5.44. The van der Waals surface area contributed by atoms with Crippen LogP contribution in [0.5, 0.6) is 0 Å². The Labute approximate surface area is 151 Å². The van der Waals surface area contributed by atoms with Crippen molar-refractivity contribution in [3.63, 3.8) is 0 Å². The number of nitrogens with one attached hydrogen (secondary N) is 2. The van der Waals surface area contributed by atoms with Crippen LogP contribution in [0.15, 0.2) is 18.2 Å². The molecule has 0 spiro atoms. The van der Waals surface area contributed by atoms with Crippen LogP contribution >= 0.6 is 11.3 Å². The fourth-order valence-electron chi connectivity index (χ4n) is 2.19. The number of anilines is 1. The van der Waals surface area contributed by atoms with Crippen LogP contribution in [0.3, 0.4) is 0 Å². The Balaban J connectivity index is 1.94. The molecule has 1 atom stereocenters. The maximum atomic E-state index is 11.9. The van der Waals surface area contributed by atoms with Crippen LogP contribution in [0.4, 0.5) is 5.13 Å². The molecule has 1 aromatic heterocycles. The van der Waals surface area contributed by atoms with Gasteiger partial charge in [0.15, 0.2) is 0 Å². The molecule has 0 saturated carbocycles. The van der Waals surface area contributed by atoms with E-state index in [1.54, 1.807) is 0 Å². The van der Waals surface area contributed by atoms with E-state index in [9.17, 15) is 9.59 Å². The molecule has 8 heteroatoms. The number of carbonyl (C=O) groups is 2. The lowest BCUT2D eigenvalue weighted by Gasteiger charge is -2.14. The van der Waals surface area contributed by atoms with Crippen molar-refractivity contribution in [2.75, 3.05) is 11.9 Å². The molecule has 7 nitrogen and oxygen atoms in total. The van der Waals surface area contributed by atoms with Crippen LogP contribution in [0.1, 0.15) is 25.0 Å². The molecule has 2 aromatic rings. The Morgan fingerprint density at radius 2 is 1.96 bits per heavy atom. The fraction of sp³-hybridized carbons (Fsp3) is 0.412. The number of aryl methyl sites for hydroxylation is 2. The number of nitrogens with two attached hydrogens (primary N) is 1. The molecule has 0 aliphatic carbocycles. The van der Waals surface area contributed by atoms with Crippen LogP contribution in [-0.4, -0.2) is 34.6 Å². The van der Waals surface area contributed by atoms with Crippen molar-refractivity contribution >= 4 is 28.3 Å². The first-order valence-electron chi connectivity index (χ1n) is 8.02. The van der Waals surface area contributed by atoms with E-state index in [2.05, 4.69) is 26.9 Å². The van der Waals surface area contributed by atoms with Crippen molar-refractivity contribution < 1.29 is 9.59 Å². The zero-order valence-electron chi connectivity index (χ0n) is 14.8. The molecule has 4 N–H and O–H groups in total. The Morgan fingerprint density at radius 1 is 1.24 bits per heavy atom. The van der Waals surface area contributed by atoms with Crippen LogP contribution in [0.2, 0.25) is 0 Å². The molecule has 2 amide bonds. The summed E-state index contributed by atoms with van der Waals surface area (Å²) in [6.07, 6.45) is 0. The van der Waals surface area contributed by atoms with Gasteiger partial charge >= 0.3 is 0 Å². The standard InChI is InChI=1S/C17H23N5O2S/c1-9(2)14(18)15(24)19-8-13(23)20-17-22-21-16(25-17)12-6-5-10(3)7-11(12)4/h5-7,9,14H,8,18H2,1-4H3,(H,19,24)(H,20,22,23)/t14-/m0/s1. The van der Waals surface area contributed by atoms with Gasteiger partial charge in [-0.3, -0.25) is 14.9 Å². The second-order valence-electron chi connectivity index (χ2n) is 6.27. The van der Waals surface area contributed by atoms with Gasteiger partial charge < -0.3 is 11.1 Å². The molecule has 2 rings (SSSR count).